The Morgan fingerprint density at radius 1 is 1.50 bits per heavy atom. The standard InChI is InChI=1S/C11H13N5O3S/c12-5-9-13-14-11(15(9)7-1-2-7)20-6-8-3-4-10(19-8)16(17)18/h3-4,7H,1-2,5-6,12H2. The summed E-state index contributed by atoms with van der Waals surface area (Å²) in [6.07, 6.45) is 2.23. The van der Waals surface area contributed by atoms with Crippen molar-refractivity contribution in [1.29, 1.82) is 0 Å². The number of nitrogens with two attached hydrogens (primary N) is 1. The summed E-state index contributed by atoms with van der Waals surface area (Å²) in [4.78, 5) is 10.00. The summed E-state index contributed by atoms with van der Waals surface area (Å²) in [5.41, 5.74) is 5.65. The number of nitrogens with zero attached hydrogens (tertiary/aromatic N) is 4. The van der Waals surface area contributed by atoms with Gasteiger partial charge in [0.1, 0.15) is 16.5 Å². The van der Waals surface area contributed by atoms with Crippen molar-refractivity contribution in [1.82, 2.24) is 14.8 Å². The second-order valence-electron chi connectivity index (χ2n) is 4.49. The molecule has 0 aromatic carbocycles. The van der Waals surface area contributed by atoms with Crippen LogP contribution >= 0.6 is 11.8 Å². The van der Waals surface area contributed by atoms with Gasteiger partial charge in [0.15, 0.2) is 5.16 Å². The highest BCUT2D eigenvalue weighted by atomic mass is 32.2. The summed E-state index contributed by atoms with van der Waals surface area (Å²) in [5.74, 6) is 1.55. The molecule has 2 heterocycles. The molecule has 0 atom stereocenters. The van der Waals surface area contributed by atoms with Gasteiger partial charge in [0.25, 0.3) is 0 Å². The van der Waals surface area contributed by atoms with E-state index in [-0.39, 0.29) is 5.88 Å². The van der Waals surface area contributed by atoms with Gasteiger partial charge in [-0.15, -0.1) is 10.2 Å². The number of hydrogen-bond acceptors (Lipinski definition) is 7. The van der Waals surface area contributed by atoms with Crippen LogP contribution in [-0.4, -0.2) is 19.7 Å². The molecule has 2 aromatic rings. The predicted octanol–water partition coefficient (Wildman–Crippen LogP) is 1.87. The molecule has 0 spiro atoms. The van der Waals surface area contributed by atoms with Gasteiger partial charge in [-0.25, -0.2) is 0 Å². The Hall–Kier alpha value is -1.87. The van der Waals surface area contributed by atoms with Gasteiger partial charge in [-0.3, -0.25) is 10.1 Å². The molecule has 0 unspecified atom stereocenters. The van der Waals surface area contributed by atoms with Crippen LogP contribution in [0.5, 0.6) is 0 Å². The molecule has 3 rings (SSSR count). The quantitative estimate of drug-likeness (QED) is 0.491. The van der Waals surface area contributed by atoms with Crippen molar-refractivity contribution >= 4 is 17.6 Å². The van der Waals surface area contributed by atoms with Gasteiger partial charge in [-0.05, 0) is 18.9 Å². The summed E-state index contributed by atoms with van der Waals surface area (Å²) < 4.78 is 7.17. The third-order valence-electron chi connectivity index (χ3n) is 3.00. The van der Waals surface area contributed by atoms with Crippen LogP contribution in [0.2, 0.25) is 0 Å². The molecular weight excluding hydrogens is 282 g/mol. The SMILES string of the molecule is NCc1nnc(SCc2ccc([N+](=O)[O-])o2)n1C1CC1. The smallest absolute Gasteiger partial charge is 0.405 e. The number of thioether (sulfide) groups is 1. The number of hydrogen-bond donors (Lipinski definition) is 1. The van der Waals surface area contributed by atoms with E-state index in [0.29, 0.717) is 24.1 Å². The molecule has 9 heteroatoms. The van der Waals surface area contributed by atoms with E-state index in [9.17, 15) is 10.1 Å². The zero-order chi connectivity index (χ0) is 14.1. The van der Waals surface area contributed by atoms with Gasteiger partial charge in [-0.1, -0.05) is 11.8 Å². The third-order valence-corrected chi connectivity index (χ3v) is 3.97. The Morgan fingerprint density at radius 2 is 2.30 bits per heavy atom. The molecule has 0 radical (unpaired) electrons. The molecule has 0 aliphatic heterocycles. The molecule has 1 fully saturated rings. The number of rotatable bonds is 6. The monoisotopic (exact) mass is 295 g/mol. The zero-order valence-electron chi connectivity index (χ0n) is 10.6. The van der Waals surface area contributed by atoms with Crippen molar-refractivity contribution in [2.75, 3.05) is 0 Å². The van der Waals surface area contributed by atoms with Gasteiger partial charge in [0, 0.05) is 6.04 Å². The largest absolute Gasteiger partial charge is 0.433 e. The molecule has 2 aromatic heterocycles. The van der Waals surface area contributed by atoms with E-state index < -0.39 is 4.92 Å². The molecule has 1 aliphatic rings. The molecule has 8 nitrogen and oxygen atoms in total. The predicted molar refractivity (Wildman–Crippen MR) is 71.1 cm³/mol. The van der Waals surface area contributed by atoms with E-state index in [0.717, 1.165) is 23.8 Å². The first-order chi connectivity index (χ1) is 9.69. The van der Waals surface area contributed by atoms with E-state index in [1.165, 1.54) is 17.8 Å². The second kappa shape index (κ2) is 5.25. The minimum Gasteiger partial charge on any atom is -0.405 e. The minimum absolute atomic E-state index is 0.244. The average molecular weight is 295 g/mol. The fourth-order valence-electron chi connectivity index (χ4n) is 1.92. The van der Waals surface area contributed by atoms with E-state index in [2.05, 4.69) is 14.8 Å². The molecular formula is C11H13N5O3S. The normalized spacial score (nSPS) is 14.7. The summed E-state index contributed by atoms with van der Waals surface area (Å²) in [6, 6.07) is 3.40. The van der Waals surface area contributed by atoms with Gasteiger partial charge in [0.2, 0.25) is 0 Å². The number of furan rings is 1. The van der Waals surface area contributed by atoms with Crippen LogP contribution in [-0.2, 0) is 12.3 Å². The first kappa shape index (κ1) is 13.1. The van der Waals surface area contributed by atoms with E-state index in [4.69, 9.17) is 10.2 Å². The van der Waals surface area contributed by atoms with Crippen molar-refractivity contribution < 1.29 is 9.34 Å². The van der Waals surface area contributed by atoms with Crippen LogP contribution in [0.4, 0.5) is 5.88 Å². The Morgan fingerprint density at radius 3 is 2.90 bits per heavy atom. The maximum atomic E-state index is 10.5. The molecule has 0 saturated heterocycles. The molecule has 1 aliphatic carbocycles. The van der Waals surface area contributed by atoms with Crippen LogP contribution in [0.3, 0.4) is 0 Å². The average Bonchev–Trinajstić information content (AvgIpc) is 3.02. The van der Waals surface area contributed by atoms with Gasteiger partial charge >= 0.3 is 5.88 Å². The first-order valence-corrected chi connectivity index (χ1v) is 7.17. The van der Waals surface area contributed by atoms with Gasteiger partial charge in [-0.2, -0.15) is 0 Å². The first-order valence-electron chi connectivity index (χ1n) is 6.18. The summed E-state index contributed by atoms with van der Waals surface area (Å²) >= 11 is 1.45. The Balaban J connectivity index is 1.71. The Labute approximate surface area is 118 Å². The lowest BCUT2D eigenvalue weighted by Gasteiger charge is -2.06. The molecule has 1 saturated carbocycles. The van der Waals surface area contributed by atoms with E-state index in [1.807, 2.05) is 0 Å². The highest BCUT2D eigenvalue weighted by Gasteiger charge is 2.29. The molecule has 106 valence electrons. The van der Waals surface area contributed by atoms with Crippen LogP contribution in [0.15, 0.2) is 21.7 Å². The Kier molecular flexibility index (Phi) is 3.45. The highest BCUT2D eigenvalue weighted by molar-refractivity contribution is 7.98. The molecule has 0 bridgehead atoms. The van der Waals surface area contributed by atoms with Gasteiger partial charge in [0.05, 0.1) is 18.4 Å². The fourth-order valence-corrected chi connectivity index (χ4v) is 2.84. The lowest BCUT2D eigenvalue weighted by Crippen LogP contribution is -2.07. The summed E-state index contributed by atoms with van der Waals surface area (Å²) in [5, 5.41) is 19.5. The molecule has 0 amide bonds. The summed E-state index contributed by atoms with van der Waals surface area (Å²) in [7, 11) is 0. The van der Waals surface area contributed by atoms with E-state index in [1.54, 1.807) is 6.07 Å². The van der Waals surface area contributed by atoms with Crippen LogP contribution in [0.25, 0.3) is 0 Å². The third kappa shape index (κ3) is 2.54. The number of nitro groups is 1. The minimum atomic E-state index is -0.548. The van der Waals surface area contributed by atoms with Crippen molar-refractivity contribution in [2.24, 2.45) is 5.73 Å². The van der Waals surface area contributed by atoms with Crippen LogP contribution in [0.1, 0.15) is 30.5 Å². The molecule has 20 heavy (non-hydrogen) atoms. The van der Waals surface area contributed by atoms with Crippen LogP contribution in [0, 0.1) is 10.1 Å². The van der Waals surface area contributed by atoms with E-state index >= 15 is 0 Å². The van der Waals surface area contributed by atoms with Crippen molar-refractivity contribution in [3.05, 3.63) is 33.8 Å². The second-order valence-corrected chi connectivity index (χ2v) is 5.43. The van der Waals surface area contributed by atoms with Crippen molar-refractivity contribution in [3.8, 4) is 0 Å². The lowest BCUT2D eigenvalue weighted by molar-refractivity contribution is -0.402. The maximum Gasteiger partial charge on any atom is 0.433 e. The zero-order valence-corrected chi connectivity index (χ0v) is 11.4. The maximum absolute atomic E-state index is 10.5. The highest BCUT2D eigenvalue weighted by Crippen LogP contribution is 2.39. The summed E-state index contributed by atoms with van der Waals surface area (Å²) in [6.45, 7) is 0.357. The van der Waals surface area contributed by atoms with Gasteiger partial charge < -0.3 is 14.7 Å². The number of aromatic nitrogens is 3. The Bertz CT molecular complexity index is 634. The van der Waals surface area contributed by atoms with Crippen LogP contribution < -0.4 is 5.73 Å². The molecule has 2 N–H and O–H groups in total. The van der Waals surface area contributed by atoms with Crippen molar-refractivity contribution in [3.63, 3.8) is 0 Å². The lowest BCUT2D eigenvalue weighted by atomic mass is 10.5. The fraction of sp³-hybridized carbons (Fsp3) is 0.455. The topological polar surface area (TPSA) is 113 Å². The van der Waals surface area contributed by atoms with Crippen molar-refractivity contribution in [2.45, 2.75) is 36.3 Å².